The van der Waals surface area contributed by atoms with Crippen molar-refractivity contribution in [2.45, 2.75) is 45.6 Å². The van der Waals surface area contributed by atoms with Crippen molar-refractivity contribution in [2.24, 2.45) is 5.92 Å². The van der Waals surface area contributed by atoms with Gasteiger partial charge in [-0.3, -0.25) is 4.90 Å². The number of ether oxygens (including phenoxy) is 2. The lowest BCUT2D eigenvalue weighted by Gasteiger charge is -2.35. The molecule has 1 saturated heterocycles. The Hall–Kier alpha value is -2.21. The average Bonchev–Trinajstić information content (AvgIpc) is 3.29. The molecule has 150 valence electrons. The van der Waals surface area contributed by atoms with E-state index in [1.165, 1.54) is 5.56 Å². The molecule has 6 heteroatoms. The van der Waals surface area contributed by atoms with Crippen molar-refractivity contribution in [1.29, 1.82) is 0 Å². The number of hydrogen-bond donors (Lipinski definition) is 0. The van der Waals surface area contributed by atoms with E-state index in [4.69, 9.17) is 9.47 Å². The first-order chi connectivity index (χ1) is 13.4. The minimum Gasteiger partial charge on any atom is -0.481 e. The van der Waals surface area contributed by atoms with E-state index in [9.17, 15) is 4.39 Å². The monoisotopic (exact) mass is 385 g/mol. The van der Waals surface area contributed by atoms with Crippen molar-refractivity contribution >= 4 is 0 Å². The Labute approximate surface area is 165 Å². The number of aromatic nitrogens is 2. The van der Waals surface area contributed by atoms with Crippen molar-refractivity contribution in [3.8, 4) is 11.8 Å². The van der Waals surface area contributed by atoms with Crippen LogP contribution < -0.4 is 9.47 Å². The first-order valence-corrected chi connectivity index (χ1v) is 9.96. The number of likely N-dealkylation sites (tertiary alicyclic amines) is 1. The van der Waals surface area contributed by atoms with Crippen molar-refractivity contribution in [3.63, 3.8) is 0 Å². The number of nitrogens with zero attached hydrogens (tertiary/aromatic N) is 3. The van der Waals surface area contributed by atoms with Crippen LogP contribution in [-0.2, 0) is 18.4 Å². The molecule has 1 atom stereocenters. The largest absolute Gasteiger partial charge is 0.481 e. The van der Waals surface area contributed by atoms with Crippen molar-refractivity contribution < 1.29 is 13.9 Å². The van der Waals surface area contributed by atoms with Gasteiger partial charge in [-0.25, -0.2) is 14.4 Å². The summed E-state index contributed by atoms with van der Waals surface area (Å²) in [6.45, 7) is 8.53. The standard InChI is InChI=1S/C22H28FN3O2/c1-14-9-16(11-19(24-14)27-4)10-15-5-7-26(13-15)22(2,3)20-18(23)12-17-6-8-28-21(17)25-20/h9,11-12,15H,5-8,10,13H2,1-4H3/t15-/m1/s1. The molecule has 2 aromatic rings. The molecule has 5 nitrogen and oxygen atoms in total. The number of rotatable bonds is 5. The lowest BCUT2D eigenvalue weighted by atomic mass is 9.95. The molecule has 0 spiro atoms. The highest BCUT2D eigenvalue weighted by Gasteiger charge is 2.38. The highest BCUT2D eigenvalue weighted by atomic mass is 19.1. The maximum Gasteiger partial charge on any atom is 0.217 e. The first kappa shape index (κ1) is 19.1. The summed E-state index contributed by atoms with van der Waals surface area (Å²) in [5.41, 5.74) is 3.08. The van der Waals surface area contributed by atoms with Gasteiger partial charge in [0.2, 0.25) is 11.8 Å². The highest BCUT2D eigenvalue weighted by Crippen LogP contribution is 2.37. The zero-order valence-corrected chi connectivity index (χ0v) is 17.1. The molecular formula is C22H28FN3O2. The number of methoxy groups -OCH3 is 1. The molecule has 0 amide bonds. The summed E-state index contributed by atoms with van der Waals surface area (Å²) >= 11 is 0. The predicted molar refractivity (Wildman–Crippen MR) is 105 cm³/mol. The molecule has 0 aromatic carbocycles. The van der Waals surface area contributed by atoms with Gasteiger partial charge in [0.25, 0.3) is 0 Å². The molecule has 1 fully saturated rings. The van der Waals surface area contributed by atoms with Gasteiger partial charge >= 0.3 is 0 Å². The molecule has 0 saturated carbocycles. The van der Waals surface area contributed by atoms with Crippen LogP contribution in [0.3, 0.4) is 0 Å². The molecule has 0 N–H and O–H groups in total. The third-order valence-electron chi connectivity index (χ3n) is 6.00. The van der Waals surface area contributed by atoms with Gasteiger partial charge in [-0.2, -0.15) is 0 Å². The summed E-state index contributed by atoms with van der Waals surface area (Å²) in [6, 6.07) is 5.74. The molecule has 0 radical (unpaired) electrons. The van der Waals surface area contributed by atoms with Crippen LogP contribution in [0.4, 0.5) is 4.39 Å². The zero-order valence-electron chi connectivity index (χ0n) is 17.1. The zero-order chi connectivity index (χ0) is 19.9. The molecule has 2 aliphatic heterocycles. The Morgan fingerprint density at radius 2 is 2.11 bits per heavy atom. The summed E-state index contributed by atoms with van der Waals surface area (Å²) in [4.78, 5) is 11.3. The molecule has 2 aliphatic rings. The smallest absolute Gasteiger partial charge is 0.217 e. The molecule has 4 heterocycles. The minimum atomic E-state index is -0.480. The number of aryl methyl sites for hydroxylation is 1. The number of fused-ring (bicyclic) bond motifs is 1. The van der Waals surface area contributed by atoms with E-state index in [1.807, 2.05) is 13.0 Å². The van der Waals surface area contributed by atoms with E-state index in [1.54, 1.807) is 13.2 Å². The number of pyridine rings is 2. The van der Waals surface area contributed by atoms with E-state index >= 15 is 0 Å². The van der Waals surface area contributed by atoms with Gasteiger partial charge in [0.1, 0.15) is 5.82 Å². The summed E-state index contributed by atoms with van der Waals surface area (Å²) in [5, 5.41) is 0. The molecule has 0 bridgehead atoms. The normalized spacial score (nSPS) is 19.5. The van der Waals surface area contributed by atoms with Gasteiger partial charge < -0.3 is 9.47 Å². The lowest BCUT2D eigenvalue weighted by Crippen LogP contribution is -2.41. The van der Waals surface area contributed by atoms with Crippen molar-refractivity contribution in [2.75, 3.05) is 26.8 Å². The second-order valence-corrected chi connectivity index (χ2v) is 8.40. The lowest BCUT2D eigenvalue weighted by molar-refractivity contribution is 0.138. The van der Waals surface area contributed by atoms with Crippen LogP contribution in [0.5, 0.6) is 11.8 Å². The molecule has 28 heavy (non-hydrogen) atoms. The van der Waals surface area contributed by atoms with Crippen molar-refractivity contribution in [3.05, 3.63) is 46.5 Å². The molecule has 4 rings (SSSR count). The summed E-state index contributed by atoms with van der Waals surface area (Å²) in [5.74, 6) is 1.54. The Balaban J connectivity index is 1.50. The highest BCUT2D eigenvalue weighted by molar-refractivity contribution is 5.34. The van der Waals surface area contributed by atoms with E-state index in [-0.39, 0.29) is 5.82 Å². The van der Waals surface area contributed by atoms with Gasteiger partial charge in [0, 0.05) is 30.3 Å². The van der Waals surface area contributed by atoms with Gasteiger partial charge in [-0.15, -0.1) is 0 Å². The summed E-state index contributed by atoms with van der Waals surface area (Å²) in [7, 11) is 1.65. The molecule has 2 aromatic heterocycles. The third kappa shape index (κ3) is 3.58. The van der Waals surface area contributed by atoms with E-state index in [0.29, 0.717) is 30.0 Å². The SMILES string of the molecule is COc1cc(C[C@H]2CCN(C(C)(C)c3nc4c(cc3F)CCO4)C2)cc(C)n1. The van der Waals surface area contributed by atoms with Crippen LogP contribution in [0, 0.1) is 18.7 Å². The van der Waals surface area contributed by atoms with Crippen LogP contribution in [0.2, 0.25) is 0 Å². The Morgan fingerprint density at radius 1 is 1.29 bits per heavy atom. The maximum atomic E-state index is 14.8. The van der Waals surface area contributed by atoms with Gasteiger partial charge in [0.15, 0.2) is 0 Å². The third-order valence-corrected chi connectivity index (χ3v) is 6.00. The van der Waals surface area contributed by atoms with Crippen LogP contribution in [0.1, 0.15) is 42.8 Å². The fourth-order valence-electron chi connectivity index (χ4n) is 4.42. The second kappa shape index (κ2) is 7.32. The molecule has 0 unspecified atom stereocenters. The van der Waals surface area contributed by atoms with Crippen LogP contribution >= 0.6 is 0 Å². The average molecular weight is 385 g/mol. The molecule has 0 aliphatic carbocycles. The summed E-state index contributed by atoms with van der Waals surface area (Å²) in [6.07, 6.45) is 2.78. The van der Waals surface area contributed by atoms with Gasteiger partial charge in [0.05, 0.1) is 24.9 Å². The fraction of sp³-hybridized carbons (Fsp3) is 0.545. The Kier molecular flexibility index (Phi) is 5.00. The fourth-order valence-corrected chi connectivity index (χ4v) is 4.42. The van der Waals surface area contributed by atoms with Crippen LogP contribution in [0.15, 0.2) is 18.2 Å². The van der Waals surface area contributed by atoms with E-state index in [0.717, 1.165) is 43.6 Å². The second-order valence-electron chi connectivity index (χ2n) is 8.40. The topological polar surface area (TPSA) is 47.5 Å². The first-order valence-electron chi connectivity index (χ1n) is 9.96. The van der Waals surface area contributed by atoms with Crippen LogP contribution in [-0.4, -0.2) is 41.7 Å². The quantitative estimate of drug-likeness (QED) is 0.786. The van der Waals surface area contributed by atoms with Gasteiger partial charge in [-0.05, 0) is 63.8 Å². The maximum absolute atomic E-state index is 14.8. The van der Waals surface area contributed by atoms with E-state index in [2.05, 4.69) is 34.8 Å². The van der Waals surface area contributed by atoms with E-state index < -0.39 is 5.54 Å². The van der Waals surface area contributed by atoms with Crippen molar-refractivity contribution in [1.82, 2.24) is 14.9 Å². The Morgan fingerprint density at radius 3 is 2.89 bits per heavy atom. The Bertz CT molecular complexity index is 884. The van der Waals surface area contributed by atoms with Crippen LogP contribution in [0.25, 0.3) is 0 Å². The number of halogens is 1. The predicted octanol–water partition coefficient (Wildman–Crippen LogP) is 3.67. The number of hydrogen-bond acceptors (Lipinski definition) is 5. The summed E-state index contributed by atoms with van der Waals surface area (Å²) < 4.78 is 25.7. The minimum absolute atomic E-state index is 0.229. The van der Waals surface area contributed by atoms with Gasteiger partial charge in [-0.1, -0.05) is 0 Å². The molecular weight excluding hydrogens is 357 g/mol.